The highest BCUT2D eigenvalue weighted by Crippen LogP contribution is 2.24. The molecule has 0 bridgehead atoms. The van der Waals surface area contributed by atoms with Crippen LogP contribution in [0.15, 0.2) is 22.5 Å². The monoisotopic (exact) mass is 519 g/mol. The van der Waals surface area contributed by atoms with Crippen molar-refractivity contribution in [2.24, 2.45) is 4.99 Å². The summed E-state index contributed by atoms with van der Waals surface area (Å²) in [5, 5.41) is 10.7. The van der Waals surface area contributed by atoms with Crippen molar-refractivity contribution < 1.29 is 0 Å². The van der Waals surface area contributed by atoms with E-state index >= 15 is 0 Å². The number of likely N-dealkylation sites (tertiary alicyclic amines) is 1. The molecular weight excluding hydrogens is 481 g/mol. The van der Waals surface area contributed by atoms with Gasteiger partial charge in [-0.15, -0.1) is 35.3 Å². The number of hydrogen-bond acceptors (Lipinski definition) is 4. The van der Waals surface area contributed by atoms with Gasteiger partial charge in [-0.1, -0.05) is 12.8 Å². The molecule has 2 saturated heterocycles. The molecule has 0 aliphatic carbocycles. The minimum atomic E-state index is 0. The Hall–Kier alpha value is -0.540. The van der Waals surface area contributed by atoms with Gasteiger partial charge in [0.2, 0.25) is 0 Å². The molecule has 0 aromatic carbocycles. The molecule has 0 atom stereocenters. The number of rotatable bonds is 8. The SMILES string of the molecule is CN=C(NCCCCCN1CCCCC1)NC1CCN(c2cccs2)CC1.I. The first-order chi connectivity index (χ1) is 13.3. The minimum Gasteiger partial charge on any atom is -0.363 e. The minimum absolute atomic E-state index is 0. The Labute approximate surface area is 192 Å². The quantitative estimate of drug-likeness (QED) is 0.234. The third-order valence-electron chi connectivity index (χ3n) is 5.77. The molecule has 0 radical (unpaired) electrons. The van der Waals surface area contributed by atoms with Gasteiger partial charge in [-0.3, -0.25) is 4.99 Å². The van der Waals surface area contributed by atoms with Crippen LogP contribution in [0.2, 0.25) is 0 Å². The van der Waals surface area contributed by atoms with Gasteiger partial charge < -0.3 is 20.4 Å². The molecule has 0 saturated carbocycles. The highest BCUT2D eigenvalue weighted by Gasteiger charge is 2.20. The van der Waals surface area contributed by atoms with E-state index in [4.69, 9.17) is 0 Å². The van der Waals surface area contributed by atoms with Crippen molar-refractivity contribution in [3.63, 3.8) is 0 Å². The van der Waals surface area contributed by atoms with Gasteiger partial charge in [0.25, 0.3) is 0 Å². The maximum absolute atomic E-state index is 4.42. The molecule has 2 N–H and O–H groups in total. The third-order valence-corrected chi connectivity index (χ3v) is 6.70. The topological polar surface area (TPSA) is 42.9 Å². The number of nitrogens with zero attached hydrogens (tertiary/aromatic N) is 3. The number of nitrogens with one attached hydrogen (secondary N) is 2. The van der Waals surface area contributed by atoms with Gasteiger partial charge in [-0.2, -0.15) is 0 Å². The standard InChI is InChI=1S/C21H37N5S.HI/c1-22-21(23-12-4-2-5-13-25-14-6-3-7-15-25)24-19-10-16-26(17-11-19)20-9-8-18-27-20;/h8-9,18-19H,2-7,10-17H2,1H3,(H2,22,23,24);1H. The maximum atomic E-state index is 4.42. The van der Waals surface area contributed by atoms with Crippen LogP contribution in [-0.2, 0) is 0 Å². The number of anilines is 1. The number of piperidine rings is 2. The van der Waals surface area contributed by atoms with E-state index in [1.165, 1.54) is 76.0 Å². The van der Waals surface area contributed by atoms with Crippen LogP contribution in [0.25, 0.3) is 0 Å². The number of halogens is 1. The van der Waals surface area contributed by atoms with Crippen molar-refractivity contribution in [1.82, 2.24) is 15.5 Å². The molecule has 0 amide bonds. The molecule has 160 valence electrons. The second kappa shape index (κ2) is 13.6. The van der Waals surface area contributed by atoms with E-state index in [-0.39, 0.29) is 24.0 Å². The Balaban J connectivity index is 0.00000280. The van der Waals surface area contributed by atoms with E-state index in [1.54, 1.807) is 0 Å². The van der Waals surface area contributed by atoms with Crippen LogP contribution in [-0.4, -0.2) is 63.2 Å². The lowest BCUT2D eigenvalue weighted by molar-refractivity contribution is 0.224. The average molecular weight is 520 g/mol. The maximum Gasteiger partial charge on any atom is 0.191 e. The predicted octanol–water partition coefficient (Wildman–Crippen LogP) is 4.16. The largest absolute Gasteiger partial charge is 0.363 e. The Kier molecular flexibility index (Phi) is 11.6. The number of guanidine groups is 1. The van der Waals surface area contributed by atoms with Gasteiger partial charge in [-0.05, 0) is 75.7 Å². The van der Waals surface area contributed by atoms with Crippen LogP contribution in [0.3, 0.4) is 0 Å². The van der Waals surface area contributed by atoms with E-state index < -0.39 is 0 Å². The van der Waals surface area contributed by atoms with E-state index in [2.05, 4.69) is 42.9 Å². The summed E-state index contributed by atoms with van der Waals surface area (Å²) in [6.07, 6.45) is 10.4. The second-order valence-corrected chi connectivity index (χ2v) is 8.75. The first-order valence-electron chi connectivity index (χ1n) is 10.8. The molecule has 1 aromatic heterocycles. The van der Waals surface area contributed by atoms with Crippen LogP contribution < -0.4 is 15.5 Å². The second-order valence-electron chi connectivity index (χ2n) is 7.82. The molecule has 2 aliphatic rings. The third kappa shape index (κ3) is 8.06. The van der Waals surface area contributed by atoms with Gasteiger partial charge in [0, 0.05) is 32.7 Å². The zero-order chi connectivity index (χ0) is 18.7. The van der Waals surface area contributed by atoms with Gasteiger partial charge in [0.1, 0.15) is 0 Å². The number of hydrogen-bond donors (Lipinski definition) is 2. The Morgan fingerprint density at radius 3 is 2.57 bits per heavy atom. The summed E-state index contributed by atoms with van der Waals surface area (Å²) in [5.41, 5.74) is 0. The molecule has 0 spiro atoms. The van der Waals surface area contributed by atoms with Gasteiger partial charge in [-0.25, -0.2) is 0 Å². The van der Waals surface area contributed by atoms with Crippen molar-refractivity contribution in [2.45, 2.75) is 57.4 Å². The highest BCUT2D eigenvalue weighted by molar-refractivity contribution is 14.0. The van der Waals surface area contributed by atoms with Crippen molar-refractivity contribution in [1.29, 1.82) is 0 Å². The normalized spacial score (nSPS) is 19.3. The van der Waals surface area contributed by atoms with Crippen LogP contribution in [0, 0.1) is 0 Å². The lowest BCUT2D eigenvalue weighted by Gasteiger charge is -2.33. The highest BCUT2D eigenvalue weighted by atomic mass is 127. The fraction of sp³-hybridized carbons (Fsp3) is 0.762. The zero-order valence-corrected chi connectivity index (χ0v) is 20.5. The molecule has 2 aliphatic heterocycles. The summed E-state index contributed by atoms with van der Waals surface area (Å²) in [4.78, 5) is 9.56. The van der Waals surface area contributed by atoms with Crippen molar-refractivity contribution in [2.75, 3.05) is 51.2 Å². The van der Waals surface area contributed by atoms with Crippen LogP contribution in [0.4, 0.5) is 5.00 Å². The lowest BCUT2D eigenvalue weighted by Crippen LogP contribution is -2.48. The Morgan fingerprint density at radius 2 is 1.89 bits per heavy atom. The Morgan fingerprint density at radius 1 is 1.11 bits per heavy atom. The zero-order valence-electron chi connectivity index (χ0n) is 17.4. The number of thiophene rings is 1. The Bertz CT molecular complexity index is 537. The van der Waals surface area contributed by atoms with Gasteiger partial charge >= 0.3 is 0 Å². The van der Waals surface area contributed by atoms with Crippen LogP contribution >= 0.6 is 35.3 Å². The van der Waals surface area contributed by atoms with E-state index in [1.807, 2.05) is 18.4 Å². The van der Waals surface area contributed by atoms with Crippen LogP contribution in [0.1, 0.15) is 51.4 Å². The summed E-state index contributed by atoms with van der Waals surface area (Å²) < 4.78 is 0. The van der Waals surface area contributed by atoms with Gasteiger partial charge in [0.15, 0.2) is 5.96 Å². The molecule has 3 rings (SSSR count). The number of unbranched alkanes of at least 4 members (excludes halogenated alkanes) is 2. The average Bonchev–Trinajstić information content (AvgIpc) is 3.26. The predicted molar refractivity (Wildman–Crippen MR) is 134 cm³/mol. The lowest BCUT2D eigenvalue weighted by atomic mass is 10.1. The van der Waals surface area contributed by atoms with Gasteiger partial charge in [0.05, 0.1) is 5.00 Å². The molecule has 1 aromatic rings. The van der Waals surface area contributed by atoms with E-state index in [0.717, 1.165) is 25.6 Å². The molecule has 5 nitrogen and oxygen atoms in total. The molecule has 3 heterocycles. The van der Waals surface area contributed by atoms with E-state index in [9.17, 15) is 0 Å². The smallest absolute Gasteiger partial charge is 0.191 e. The first-order valence-corrected chi connectivity index (χ1v) is 11.7. The van der Waals surface area contributed by atoms with Crippen molar-refractivity contribution >= 4 is 46.3 Å². The summed E-state index contributed by atoms with van der Waals surface area (Å²) in [5.74, 6) is 0.973. The fourth-order valence-corrected chi connectivity index (χ4v) is 4.89. The summed E-state index contributed by atoms with van der Waals surface area (Å²) >= 11 is 1.84. The van der Waals surface area contributed by atoms with Crippen molar-refractivity contribution in [3.8, 4) is 0 Å². The molecule has 28 heavy (non-hydrogen) atoms. The molecule has 7 heteroatoms. The molecule has 2 fully saturated rings. The summed E-state index contributed by atoms with van der Waals surface area (Å²) in [6.45, 7) is 7.21. The first kappa shape index (κ1) is 23.7. The summed E-state index contributed by atoms with van der Waals surface area (Å²) in [6, 6.07) is 4.90. The summed E-state index contributed by atoms with van der Waals surface area (Å²) in [7, 11) is 1.88. The molecule has 0 unspecified atom stereocenters. The van der Waals surface area contributed by atoms with Crippen LogP contribution in [0.5, 0.6) is 0 Å². The number of aliphatic imine (C=N–C) groups is 1. The van der Waals surface area contributed by atoms with Crippen molar-refractivity contribution in [3.05, 3.63) is 17.5 Å². The fourth-order valence-electron chi connectivity index (χ4n) is 4.11. The van der Waals surface area contributed by atoms with E-state index in [0.29, 0.717) is 6.04 Å². The molecular formula is C21H38IN5S.